The molecule has 0 fully saturated rings. The van der Waals surface area contributed by atoms with E-state index in [4.69, 9.17) is 4.74 Å². The molecule has 0 aliphatic heterocycles. The minimum Gasteiger partial charge on any atom is -0.497 e. The number of rotatable bonds is 7. The van der Waals surface area contributed by atoms with Gasteiger partial charge in [0.2, 0.25) is 0 Å². The maximum absolute atomic E-state index is 9.37. The van der Waals surface area contributed by atoms with Crippen molar-refractivity contribution >= 4 is 0 Å². The van der Waals surface area contributed by atoms with E-state index in [9.17, 15) is 5.11 Å². The number of methoxy groups -OCH3 is 1. The van der Waals surface area contributed by atoms with Crippen LogP contribution in [0.1, 0.15) is 19.4 Å². The molecule has 0 heterocycles. The Balaban J connectivity index is 2.48. The number of hydrogen-bond donors (Lipinski definition) is 1. The van der Waals surface area contributed by atoms with E-state index >= 15 is 0 Å². The van der Waals surface area contributed by atoms with Gasteiger partial charge in [-0.2, -0.15) is 0 Å². The van der Waals surface area contributed by atoms with Crippen LogP contribution in [0.3, 0.4) is 0 Å². The first-order chi connectivity index (χ1) is 8.58. The monoisotopic (exact) mass is 251 g/mol. The first-order valence-electron chi connectivity index (χ1n) is 6.52. The van der Waals surface area contributed by atoms with Gasteiger partial charge in [0.15, 0.2) is 0 Å². The molecule has 0 aliphatic carbocycles. The predicted octanol–water partition coefficient (Wildman–Crippen LogP) is 2.19. The van der Waals surface area contributed by atoms with Crippen LogP contribution >= 0.6 is 0 Å². The van der Waals surface area contributed by atoms with Crippen molar-refractivity contribution in [2.24, 2.45) is 5.92 Å². The Bertz CT molecular complexity index is 335. The van der Waals surface area contributed by atoms with E-state index in [0.29, 0.717) is 5.92 Å². The number of hydrogen-bond acceptors (Lipinski definition) is 3. The van der Waals surface area contributed by atoms with Crippen LogP contribution in [0.25, 0.3) is 0 Å². The molecule has 0 saturated carbocycles. The second-order valence-corrected chi connectivity index (χ2v) is 5.07. The van der Waals surface area contributed by atoms with Crippen LogP contribution < -0.4 is 4.74 Å². The minimum atomic E-state index is 0.219. The van der Waals surface area contributed by atoms with Gasteiger partial charge in [-0.05, 0) is 37.1 Å². The van der Waals surface area contributed by atoms with Crippen molar-refractivity contribution in [1.82, 2.24) is 4.90 Å². The number of likely N-dealkylation sites (N-methyl/N-ethyl adjacent to an activating group) is 1. The zero-order valence-electron chi connectivity index (χ0n) is 11.9. The van der Waals surface area contributed by atoms with E-state index < -0.39 is 0 Å². The van der Waals surface area contributed by atoms with Crippen LogP contribution in [0.4, 0.5) is 0 Å². The highest BCUT2D eigenvalue weighted by molar-refractivity contribution is 5.27. The maximum Gasteiger partial charge on any atom is 0.118 e. The van der Waals surface area contributed by atoms with Crippen molar-refractivity contribution < 1.29 is 9.84 Å². The Kier molecular flexibility index (Phi) is 6.16. The Labute approximate surface area is 110 Å². The maximum atomic E-state index is 9.37. The lowest BCUT2D eigenvalue weighted by molar-refractivity contribution is 0.114. The fourth-order valence-corrected chi connectivity index (χ4v) is 2.12. The fraction of sp³-hybridized carbons (Fsp3) is 0.600. The number of nitrogens with zero attached hydrogens (tertiary/aromatic N) is 1. The molecular weight excluding hydrogens is 226 g/mol. The fourth-order valence-electron chi connectivity index (χ4n) is 2.12. The number of aliphatic hydroxyl groups excluding tert-OH is 1. The molecule has 1 unspecified atom stereocenters. The van der Waals surface area contributed by atoms with E-state index in [0.717, 1.165) is 18.7 Å². The Morgan fingerprint density at radius 3 is 2.28 bits per heavy atom. The summed E-state index contributed by atoms with van der Waals surface area (Å²) in [5, 5.41) is 9.37. The molecule has 0 radical (unpaired) electrons. The molecule has 0 saturated heterocycles. The van der Waals surface area contributed by atoms with E-state index in [1.807, 2.05) is 12.1 Å². The average Bonchev–Trinajstić information content (AvgIpc) is 2.37. The smallest absolute Gasteiger partial charge is 0.118 e. The van der Waals surface area contributed by atoms with Crippen molar-refractivity contribution in [1.29, 1.82) is 0 Å². The Morgan fingerprint density at radius 1 is 1.22 bits per heavy atom. The summed E-state index contributed by atoms with van der Waals surface area (Å²) < 4.78 is 5.14. The predicted molar refractivity (Wildman–Crippen MR) is 75.0 cm³/mol. The summed E-state index contributed by atoms with van der Waals surface area (Å²) in [4.78, 5) is 2.23. The summed E-state index contributed by atoms with van der Waals surface area (Å²) in [6, 6.07) is 8.40. The van der Waals surface area contributed by atoms with Gasteiger partial charge < -0.3 is 14.7 Å². The van der Waals surface area contributed by atoms with Crippen LogP contribution in [0, 0.1) is 5.92 Å². The molecule has 3 heteroatoms. The van der Waals surface area contributed by atoms with Gasteiger partial charge in [0.25, 0.3) is 0 Å². The summed E-state index contributed by atoms with van der Waals surface area (Å²) in [6.07, 6.45) is 0.990. The molecule has 1 aromatic carbocycles. The van der Waals surface area contributed by atoms with Crippen LogP contribution in [0.5, 0.6) is 5.75 Å². The lowest BCUT2D eigenvalue weighted by atomic mass is 10.0. The summed E-state index contributed by atoms with van der Waals surface area (Å²) >= 11 is 0. The SMILES string of the molecule is COc1ccc(CCN(C)C(CO)C(C)C)cc1. The lowest BCUT2D eigenvalue weighted by Gasteiger charge is -2.29. The van der Waals surface area contributed by atoms with Gasteiger partial charge in [0, 0.05) is 12.6 Å². The largest absolute Gasteiger partial charge is 0.497 e. The third-order valence-electron chi connectivity index (χ3n) is 3.43. The van der Waals surface area contributed by atoms with Crippen molar-refractivity contribution in [2.75, 3.05) is 27.3 Å². The van der Waals surface area contributed by atoms with Gasteiger partial charge in [-0.15, -0.1) is 0 Å². The van der Waals surface area contributed by atoms with Gasteiger partial charge in [-0.1, -0.05) is 26.0 Å². The highest BCUT2D eigenvalue weighted by Gasteiger charge is 2.16. The van der Waals surface area contributed by atoms with Gasteiger partial charge in [-0.25, -0.2) is 0 Å². The second kappa shape index (κ2) is 7.39. The molecule has 1 aromatic rings. The summed E-state index contributed by atoms with van der Waals surface area (Å²) in [5.74, 6) is 1.36. The van der Waals surface area contributed by atoms with Crippen molar-refractivity contribution in [3.63, 3.8) is 0 Å². The van der Waals surface area contributed by atoms with Crippen LogP contribution in [-0.4, -0.2) is 43.4 Å². The van der Waals surface area contributed by atoms with Crippen molar-refractivity contribution in [3.8, 4) is 5.75 Å². The molecular formula is C15H25NO2. The van der Waals surface area contributed by atoms with Gasteiger partial charge >= 0.3 is 0 Å². The molecule has 1 rings (SSSR count). The number of ether oxygens (including phenoxy) is 1. The zero-order chi connectivity index (χ0) is 13.5. The first kappa shape index (κ1) is 15.0. The molecule has 102 valence electrons. The molecule has 0 aromatic heterocycles. The van der Waals surface area contributed by atoms with Gasteiger partial charge in [0.05, 0.1) is 13.7 Å². The van der Waals surface area contributed by atoms with Crippen LogP contribution in [0.2, 0.25) is 0 Å². The standard InChI is InChI=1S/C15H25NO2/c1-12(2)15(11-17)16(3)10-9-13-5-7-14(18-4)8-6-13/h5-8,12,15,17H,9-11H2,1-4H3. The third kappa shape index (κ3) is 4.31. The highest BCUT2D eigenvalue weighted by Crippen LogP contribution is 2.13. The van der Waals surface area contributed by atoms with Gasteiger partial charge in [-0.3, -0.25) is 0 Å². The molecule has 0 spiro atoms. The molecule has 1 atom stereocenters. The molecule has 0 aliphatic rings. The van der Waals surface area contributed by atoms with E-state index in [-0.39, 0.29) is 12.6 Å². The van der Waals surface area contributed by atoms with E-state index in [1.54, 1.807) is 7.11 Å². The van der Waals surface area contributed by atoms with E-state index in [2.05, 4.69) is 37.9 Å². The quantitative estimate of drug-likeness (QED) is 0.806. The first-order valence-corrected chi connectivity index (χ1v) is 6.52. The number of aliphatic hydroxyl groups is 1. The van der Waals surface area contributed by atoms with Gasteiger partial charge in [0.1, 0.15) is 5.75 Å². The number of benzene rings is 1. The summed E-state index contributed by atoms with van der Waals surface area (Å²) in [7, 11) is 3.75. The van der Waals surface area contributed by atoms with Crippen LogP contribution in [0.15, 0.2) is 24.3 Å². The summed E-state index contributed by atoms with van der Waals surface area (Å²) in [5.41, 5.74) is 1.29. The molecule has 0 amide bonds. The molecule has 18 heavy (non-hydrogen) atoms. The Morgan fingerprint density at radius 2 is 1.83 bits per heavy atom. The minimum absolute atomic E-state index is 0.219. The normalized spacial score (nSPS) is 13.1. The molecule has 3 nitrogen and oxygen atoms in total. The molecule has 0 bridgehead atoms. The topological polar surface area (TPSA) is 32.7 Å². The lowest BCUT2D eigenvalue weighted by Crippen LogP contribution is -2.39. The average molecular weight is 251 g/mol. The van der Waals surface area contributed by atoms with Crippen molar-refractivity contribution in [2.45, 2.75) is 26.3 Å². The van der Waals surface area contributed by atoms with E-state index in [1.165, 1.54) is 5.56 Å². The zero-order valence-corrected chi connectivity index (χ0v) is 11.9. The summed E-state index contributed by atoms with van der Waals surface area (Å²) in [6.45, 7) is 5.46. The third-order valence-corrected chi connectivity index (χ3v) is 3.43. The highest BCUT2D eigenvalue weighted by atomic mass is 16.5. The Hall–Kier alpha value is -1.06. The van der Waals surface area contributed by atoms with Crippen LogP contribution in [-0.2, 0) is 6.42 Å². The van der Waals surface area contributed by atoms with Crippen molar-refractivity contribution in [3.05, 3.63) is 29.8 Å². The molecule has 1 N–H and O–H groups in total. The second-order valence-electron chi connectivity index (χ2n) is 5.07.